The number of para-hydroxylation sites is 1. The summed E-state index contributed by atoms with van der Waals surface area (Å²) in [6.45, 7) is 17.9. The molecule has 0 amide bonds. The summed E-state index contributed by atoms with van der Waals surface area (Å²) in [6.07, 6.45) is 19.2. The Labute approximate surface area is 342 Å². The maximum absolute atomic E-state index is 6.05. The molecule has 294 valence electrons. The minimum atomic E-state index is 0. The second kappa shape index (κ2) is 25.6. The van der Waals surface area contributed by atoms with Crippen molar-refractivity contribution in [1.29, 1.82) is 0 Å². The Bertz CT molecular complexity index is 1510. The molecule has 0 saturated heterocycles. The van der Waals surface area contributed by atoms with Gasteiger partial charge >= 0.3 is 0 Å². The number of benzene rings is 4. The van der Waals surface area contributed by atoms with Gasteiger partial charge in [0.25, 0.3) is 0 Å². The average molecular weight is 825 g/mol. The molecular weight excluding hydrogens is 756 g/mol. The molecule has 0 spiro atoms. The first-order valence-corrected chi connectivity index (χ1v) is 20.7. The van der Waals surface area contributed by atoms with E-state index in [0.717, 1.165) is 22.3 Å². The molecule has 53 heavy (non-hydrogen) atoms. The second-order valence-electron chi connectivity index (χ2n) is 15.3. The van der Waals surface area contributed by atoms with Crippen LogP contribution in [-0.4, -0.2) is 13.2 Å². The summed E-state index contributed by atoms with van der Waals surface area (Å²) in [5, 5.41) is 4.33. The van der Waals surface area contributed by atoms with Crippen LogP contribution in [0.5, 0.6) is 5.75 Å². The zero-order chi connectivity index (χ0) is 37.9. The smallest absolute Gasteiger partial charge is 0.127 e. The van der Waals surface area contributed by atoms with Gasteiger partial charge in [-0.15, -0.1) is 45.1 Å². The third-order valence-electron chi connectivity index (χ3n) is 9.66. The molecule has 1 atom stereocenters. The molecule has 6 rings (SSSR count). The maximum atomic E-state index is 6.05. The zero-order valence-corrected chi connectivity index (χ0v) is 37.1. The molecule has 4 aromatic carbocycles. The van der Waals surface area contributed by atoms with Crippen LogP contribution in [0.3, 0.4) is 0 Å². The SMILES string of the molecule is CC(C)Oc1cccc(-c2c(C(C)C)cc(C(C)C)cc2C(C)C)c1P.CNc1ccccc1-c1[c-]cccc1.[CH-]1CCCCC1.[CH-]1CCCCC1.[Pd]. The predicted molar refractivity (Wildman–Crippen MR) is 234 cm³/mol. The van der Waals surface area contributed by atoms with E-state index in [1.807, 2.05) is 37.4 Å². The maximum Gasteiger partial charge on any atom is 0.127 e. The topological polar surface area (TPSA) is 21.3 Å². The molecule has 4 aromatic rings. The second-order valence-corrected chi connectivity index (χ2v) is 15.9. The van der Waals surface area contributed by atoms with Gasteiger partial charge in [-0.25, -0.2) is 0 Å². The van der Waals surface area contributed by atoms with E-state index in [1.165, 1.54) is 97.6 Å². The molecule has 0 radical (unpaired) electrons. The summed E-state index contributed by atoms with van der Waals surface area (Å²) in [7, 11) is 4.85. The van der Waals surface area contributed by atoms with Crippen LogP contribution in [0.25, 0.3) is 22.3 Å². The van der Waals surface area contributed by atoms with Crippen molar-refractivity contribution < 1.29 is 25.2 Å². The zero-order valence-electron chi connectivity index (χ0n) is 34.3. The first kappa shape index (κ1) is 46.7. The van der Waals surface area contributed by atoms with E-state index < -0.39 is 0 Å². The van der Waals surface area contributed by atoms with Crippen LogP contribution in [-0.2, 0) is 20.4 Å². The van der Waals surface area contributed by atoms with Crippen LogP contribution in [0.4, 0.5) is 5.69 Å². The van der Waals surface area contributed by atoms with Crippen molar-refractivity contribution in [2.45, 2.75) is 143 Å². The van der Waals surface area contributed by atoms with Gasteiger partial charge in [-0.3, -0.25) is 0 Å². The predicted octanol–water partition coefficient (Wildman–Crippen LogP) is 14.5. The van der Waals surface area contributed by atoms with Crippen molar-refractivity contribution in [2.75, 3.05) is 12.4 Å². The Balaban J connectivity index is 0.000000295. The Kier molecular flexibility index (Phi) is 22.6. The number of anilines is 1. The van der Waals surface area contributed by atoms with Crippen molar-refractivity contribution in [3.63, 3.8) is 0 Å². The van der Waals surface area contributed by atoms with E-state index >= 15 is 0 Å². The fourth-order valence-corrected chi connectivity index (χ4v) is 7.08. The fourth-order valence-electron chi connectivity index (χ4n) is 6.68. The summed E-state index contributed by atoms with van der Waals surface area (Å²) in [4.78, 5) is 0. The van der Waals surface area contributed by atoms with Gasteiger partial charge in [0.1, 0.15) is 5.75 Å². The van der Waals surface area contributed by atoms with E-state index in [-0.39, 0.29) is 26.5 Å². The van der Waals surface area contributed by atoms with Crippen LogP contribution in [0.1, 0.15) is 154 Å². The molecule has 1 unspecified atom stereocenters. The molecule has 2 fully saturated rings. The number of hydrogen-bond acceptors (Lipinski definition) is 2. The molecule has 0 heterocycles. The third-order valence-corrected chi connectivity index (χ3v) is 10.3. The fraction of sp³-hybridized carbons (Fsp3) is 0.469. The minimum Gasteiger partial charge on any atom is -0.490 e. The Morgan fingerprint density at radius 1 is 0.642 bits per heavy atom. The normalized spacial score (nSPS) is 13.8. The van der Waals surface area contributed by atoms with Gasteiger partial charge in [-0.1, -0.05) is 128 Å². The quantitative estimate of drug-likeness (QED) is 0.109. The molecule has 2 aliphatic rings. The molecule has 2 aliphatic carbocycles. The first-order valence-electron chi connectivity index (χ1n) is 20.1. The van der Waals surface area contributed by atoms with Gasteiger partial charge in [0.2, 0.25) is 0 Å². The Hall–Kier alpha value is -2.43. The van der Waals surface area contributed by atoms with Crippen LogP contribution in [0.15, 0.2) is 78.9 Å². The van der Waals surface area contributed by atoms with E-state index in [1.54, 1.807) is 0 Å². The standard InChI is InChI=1S/C24H35OP.C13H12N.2C6H11.Pd/c1-14(2)18-12-20(15(3)4)23(21(13-18)16(5)6)19-10-9-11-22(24(19)26)25-17(7)8;1-14-13-10-6-5-9-12(13)11-7-3-2-4-8-11;2*1-2-4-6-5-3-1;/h9-17H,26H2,1-8H3;2-7,9-10,14H,1H3;2*1H,2-6H2;/q;3*-1;. The van der Waals surface area contributed by atoms with Gasteiger partial charge in [0.05, 0.1) is 6.10 Å². The largest absolute Gasteiger partial charge is 0.490 e. The average Bonchev–Trinajstić information content (AvgIpc) is 3.17. The molecule has 2 nitrogen and oxygen atoms in total. The first-order chi connectivity index (χ1) is 25.0. The molecule has 1 N–H and O–H groups in total. The van der Waals surface area contributed by atoms with Gasteiger partial charge in [-0.05, 0) is 77.2 Å². The van der Waals surface area contributed by atoms with Gasteiger partial charge in [-0.2, -0.15) is 25.7 Å². The van der Waals surface area contributed by atoms with Crippen molar-refractivity contribution in [2.24, 2.45) is 0 Å². The minimum absolute atomic E-state index is 0. The summed E-state index contributed by atoms with van der Waals surface area (Å²) in [6, 6.07) is 30.7. The van der Waals surface area contributed by atoms with Gasteiger partial charge in [0.15, 0.2) is 0 Å². The van der Waals surface area contributed by atoms with Crippen LogP contribution >= 0.6 is 9.24 Å². The number of rotatable bonds is 8. The number of ether oxygens (including phenoxy) is 1. The Morgan fingerprint density at radius 3 is 1.58 bits per heavy atom. The summed E-state index contributed by atoms with van der Waals surface area (Å²) in [5.41, 5.74) is 10.4. The van der Waals surface area contributed by atoms with Crippen LogP contribution in [0.2, 0.25) is 0 Å². The van der Waals surface area contributed by atoms with E-state index in [9.17, 15) is 0 Å². The monoisotopic (exact) mass is 824 g/mol. The van der Waals surface area contributed by atoms with Gasteiger partial charge in [0, 0.05) is 32.8 Å². The number of hydrogen-bond donors (Lipinski definition) is 1. The van der Waals surface area contributed by atoms with E-state index in [2.05, 4.69) is 137 Å². The van der Waals surface area contributed by atoms with Crippen molar-refractivity contribution >= 4 is 20.2 Å². The van der Waals surface area contributed by atoms with Crippen molar-refractivity contribution in [1.82, 2.24) is 0 Å². The molecule has 0 aliphatic heterocycles. The molecular formula is C49H69NOPPd-3. The summed E-state index contributed by atoms with van der Waals surface area (Å²) in [5.74, 6) is 2.44. The summed E-state index contributed by atoms with van der Waals surface area (Å²) >= 11 is 0. The molecule has 0 bridgehead atoms. The molecule has 0 aromatic heterocycles. The van der Waals surface area contributed by atoms with Crippen molar-refractivity contribution in [3.8, 4) is 28.0 Å². The summed E-state index contributed by atoms with van der Waals surface area (Å²) < 4.78 is 6.05. The van der Waals surface area contributed by atoms with Crippen LogP contribution in [0, 0.1) is 18.9 Å². The van der Waals surface area contributed by atoms with Gasteiger partial charge < -0.3 is 22.9 Å². The molecule has 2 saturated carbocycles. The van der Waals surface area contributed by atoms with Crippen LogP contribution < -0.4 is 15.4 Å². The Morgan fingerprint density at radius 2 is 1.17 bits per heavy atom. The third kappa shape index (κ3) is 15.7. The number of nitrogens with one attached hydrogen (secondary N) is 1. The molecule has 4 heteroatoms. The van der Waals surface area contributed by atoms with E-state index in [0.29, 0.717) is 17.8 Å². The van der Waals surface area contributed by atoms with E-state index in [4.69, 9.17) is 4.74 Å². The van der Waals surface area contributed by atoms with Crippen molar-refractivity contribution in [3.05, 3.63) is 114 Å².